The Balaban J connectivity index is 1.67. The molecule has 0 bridgehead atoms. The number of rotatable bonds is 5. The number of ether oxygens (including phenoxy) is 1. The van der Waals surface area contributed by atoms with Gasteiger partial charge in [0.25, 0.3) is 11.8 Å². The van der Waals surface area contributed by atoms with Crippen LogP contribution in [-0.4, -0.2) is 18.9 Å². The number of hydrogen-bond acceptors (Lipinski definition) is 3. The fourth-order valence-corrected chi connectivity index (χ4v) is 2.64. The van der Waals surface area contributed by atoms with Crippen LogP contribution in [-0.2, 0) is 0 Å². The topological polar surface area (TPSA) is 67.4 Å². The highest BCUT2D eigenvalue weighted by molar-refractivity contribution is 6.31. The second-order valence-corrected chi connectivity index (χ2v) is 6.16. The molecule has 3 rings (SSSR count). The zero-order chi connectivity index (χ0) is 19.2. The van der Waals surface area contributed by atoms with Gasteiger partial charge in [-0.2, -0.15) is 0 Å². The van der Waals surface area contributed by atoms with E-state index in [0.717, 1.165) is 0 Å². The minimum Gasteiger partial charge on any atom is -0.497 e. The van der Waals surface area contributed by atoms with Crippen LogP contribution >= 0.6 is 11.6 Å². The van der Waals surface area contributed by atoms with Crippen molar-refractivity contribution in [1.82, 2.24) is 0 Å². The molecule has 3 aromatic rings. The number of carbonyl (C=O) groups is 2. The summed E-state index contributed by atoms with van der Waals surface area (Å²) in [4.78, 5) is 24.7. The fourth-order valence-electron chi connectivity index (χ4n) is 2.45. The number of amides is 2. The maximum atomic E-state index is 12.4. The van der Waals surface area contributed by atoms with Crippen molar-refractivity contribution < 1.29 is 14.3 Å². The number of nitrogens with one attached hydrogen (secondary N) is 2. The number of anilines is 2. The van der Waals surface area contributed by atoms with Crippen molar-refractivity contribution in [2.45, 2.75) is 0 Å². The lowest BCUT2D eigenvalue weighted by molar-refractivity contribution is 0.101. The van der Waals surface area contributed by atoms with Gasteiger partial charge in [-0.3, -0.25) is 9.59 Å². The van der Waals surface area contributed by atoms with Gasteiger partial charge in [0, 0.05) is 33.6 Å². The SMILES string of the molecule is COc1cccc(NC(=O)c2ccc(C(=O)Nc3cccc(Cl)c3)cc2)c1. The number of carbonyl (C=O) groups excluding carboxylic acids is 2. The Kier molecular flexibility index (Phi) is 5.74. The van der Waals surface area contributed by atoms with Crippen LogP contribution < -0.4 is 15.4 Å². The molecule has 0 aliphatic rings. The van der Waals surface area contributed by atoms with Gasteiger partial charge in [0.15, 0.2) is 0 Å². The average molecular weight is 381 g/mol. The van der Waals surface area contributed by atoms with Crippen molar-refractivity contribution in [2.75, 3.05) is 17.7 Å². The van der Waals surface area contributed by atoms with Gasteiger partial charge in [0.2, 0.25) is 0 Å². The van der Waals surface area contributed by atoms with Gasteiger partial charge < -0.3 is 15.4 Å². The molecule has 2 N–H and O–H groups in total. The van der Waals surface area contributed by atoms with Crippen molar-refractivity contribution >= 4 is 34.8 Å². The molecule has 0 heterocycles. The summed E-state index contributed by atoms with van der Waals surface area (Å²) in [7, 11) is 1.56. The predicted octanol–water partition coefficient (Wildman–Crippen LogP) is 4.85. The van der Waals surface area contributed by atoms with E-state index in [4.69, 9.17) is 16.3 Å². The summed E-state index contributed by atoms with van der Waals surface area (Å²) in [6.45, 7) is 0. The Morgan fingerprint density at radius 1 is 0.778 bits per heavy atom. The number of benzene rings is 3. The monoisotopic (exact) mass is 380 g/mol. The molecule has 2 amide bonds. The fraction of sp³-hybridized carbons (Fsp3) is 0.0476. The minimum absolute atomic E-state index is 0.273. The largest absolute Gasteiger partial charge is 0.497 e. The van der Waals surface area contributed by atoms with Gasteiger partial charge in [-0.05, 0) is 54.6 Å². The highest BCUT2D eigenvalue weighted by Crippen LogP contribution is 2.18. The van der Waals surface area contributed by atoms with Gasteiger partial charge in [0.05, 0.1) is 7.11 Å². The molecular weight excluding hydrogens is 364 g/mol. The second kappa shape index (κ2) is 8.38. The first-order valence-corrected chi connectivity index (χ1v) is 8.55. The van der Waals surface area contributed by atoms with Crippen LogP contribution in [0.1, 0.15) is 20.7 Å². The first-order chi connectivity index (χ1) is 13.0. The number of hydrogen-bond donors (Lipinski definition) is 2. The Bertz CT molecular complexity index is 971. The normalized spacial score (nSPS) is 10.1. The summed E-state index contributed by atoms with van der Waals surface area (Å²) >= 11 is 5.91. The van der Waals surface area contributed by atoms with E-state index < -0.39 is 0 Å². The Labute approximate surface area is 161 Å². The summed E-state index contributed by atoms with van der Waals surface area (Å²) in [5.41, 5.74) is 2.11. The Hall–Kier alpha value is -3.31. The summed E-state index contributed by atoms with van der Waals surface area (Å²) in [6.07, 6.45) is 0. The number of methoxy groups -OCH3 is 1. The van der Waals surface area contributed by atoms with Crippen LogP contribution in [0.4, 0.5) is 11.4 Å². The van der Waals surface area contributed by atoms with Crippen molar-refractivity contribution in [2.24, 2.45) is 0 Å². The highest BCUT2D eigenvalue weighted by Gasteiger charge is 2.10. The van der Waals surface area contributed by atoms with Crippen LogP contribution in [0.3, 0.4) is 0 Å². The van der Waals surface area contributed by atoms with E-state index >= 15 is 0 Å². The van der Waals surface area contributed by atoms with Crippen LogP contribution in [0.25, 0.3) is 0 Å². The molecular formula is C21H17ClN2O3. The third kappa shape index (κ3) is 4.86. The van der Waals surface area contributed by atoms with Gasteiger partial charge >= 0.3 is 0 Å². The van der Waals surface area contributed by atoms with Gasteiger partial charge in [-0.25, -0.2) is 0 Å². The lowest BCUT2D eigenvalue weighted by Gasteiger charge is -2.08. The van der Waals surface area contributed by atoms with E-state index in [0.29, 0.717) is 33.3 Å². The average Bonchev–Trinajstić information content (AvgIpc) is 2.68. The molecule has 3 aromatic carbocycles. The molecule has 0 aromatic heterocycles. The van der Waals surface area contributed by atoms with Crippen molar-refractivity contribution in [3.8, 4) is 5.75 Å². The molecule has 136 valence electrons. The van der Waals surface area contributed by atoms with Crippen LogP contribution in [0.15, 0.2) is 72.8 Å². The van der Waals surface area contributed by atoms with Crippen LogP contribution in [0.5, 0.6) is 5.75 Å². The summed E-state index contributed by atoms with van der Waals surface area (Å²) < 4.78 is 5.14. The first-order valence-electron chi connectivity index (χ1n) is 8.17. The van der Waals surface area contributed by atoms with Crippen molar-refractivity contribution in [1.29, 1.82) is 0 Å². The van der Waals surface area contributed by atoms with Crippen LogP contribution in [0.2, 0.25) is 5.02 Å². The summed E-state index contributed by atoms with van der Waals surface area (Å²) in [5, 5.41) is 6.10. The first kappa shape index (κ1) is 18.5. The highest BCUT2D eigenvalue weighted by atomic mass is 35.5. The van der Waals surface area contributed by atoms with Crippen molar-refractivity contribution in [3.63, 3.8) is 0 Å². The lowest BCUT2D eigenvalue weighted by atomic mass is 10.1. The number of halogens is 1. The van der Waals surface area contributed by atoms with Crippen LogP contribution in [0, 0.1) is 0 Å². The van der Waals surface area contributed by atoms with E-state index in [1.807, 2.05) is 0 Å². The quantitative estimate of drug-likeness (QED) is 0.664. The molecule has 0 aliphatic heterocycles. The zero-order valence-corrected chi connectivity index (χ0v) is 15.3. The molecule has 0 unspecified atom stereocenters. The third-order valence-electron chi connectivity index (χ3n) is 3.82. The molecule has 0 saturated heterocycles. The molecule has 0 saturated carbocycles. The molecule has 0 spiro atoms. The van der Waals surface area contributed by atoms with E-state index in [9.17, 15) is 9.59 Å². The third-order valence-corrected chi connectivity index (χ3v) is 4.05. The molecule has 27 heavy (non-hydrogen) atoms. The summed E-state index contributed by atoms with van der Waals surface area (Å²) in [5.74, 6) is 0.0999. The zero-order valence-electron chi connectivity index (χ0n) is 14.5. The molecule has 0 atom stereocenters. The van der Waals surface area contributed by atoms with E-state index in [1.165, 1.54) is 0 Å². The second-order valence-electron chi connectivity index (χ2n) is 5.73. The Morgan fingerprint density at radius 2 is 1.30 bits per heavy atom. The minimum atomic E-state index is -0.281. The predicted molar refractivity (Wildman–Crippen MR) is 107 cm³/mol. The molecule has 6 heteroatoms. The maximum absolute atomic E-state index is 12.4. The molecule has 0 fully saturated rings. The van der Waals surface area contributed by atoms with Gasteiger partial charge in [-0.15, -0.1) is 0 Å². The lowest BCUT2D eigenvalue weighted by Crippen LogP contribution is -2.14. The molecule has 0 aliphatic carbocycles. The van der Waals surface area contributed by atoms with Crippen molar-refractivity contribution in [3.05, 3.63) is 88.9 Å². The molecule has 0 radical (unpaired) electrons. The van der Waals surface area contributed by atoms with E-state index in [-0.39, 0.29) is 11.8 Å². The molecule has 5 nitrogen and oxygen atoms in total. The Morgan fingerprint density at radius 3 is 1.81 bits per heavy atom. The van der Waals surface area contributed by atoms with E-state index in [1.54, 1.807) is 79.9 Å². The maximum Gasteiger partial charge on any atom is 0.255 e. The standard InChI is InChI=1S/C21H17ClN2O3/c1-27-19-7-3-6-18(13-19)24-21(26)15-10-8-14(9-11-15)20(25)23-17-5-2-4-16(22)12-17/h2-13H,1H3,(H,23,25)(H,24,26). The van der Waals surface area contributed by atoms with Gasteiger partial charge in [-0.1, -0.05) is 23.7 Å². The van der Waals surface area contributed by atoms with Gasteiger partial charge in [0.1, 0.15) is 5.75 Å². The smallest absolute Gasteiger partial charge is 0.255 e. The van der Waals surface area contributed by atoms with E-state index in [2.05, 4.69) is 10.6 Å². The summed E-state index contributed by atoms with van der Waals surface area (Å²) in [6, 6.07) is 20.4.